The third-order valence-corrected chi connectivity index (χ3v) is 3.08. The fraction of sp³-hybridized carbons (Fsp3) is 0.357. The maximum absolute atomic E-state index is 9.11. The summed E-state index contributed by atoms with van der Waals surface area (Å²) in [6, 6.07) is 10.3. The summed E-state index contributed by atoms with van der Waals surface area (Å²) in [5.74, 6) is 0.928. The van der Waals surface area contributed by atoms with Crippen LogP contribution in [-0.2, 0) is 6.42 Å². The van der Waals surface area contributed by atoms with Crippen molar-refractivity contribution in [3.8, 4) is 6.07 Å². The van der Waals surface area contributed by atoms with Gasteiger partial charge in [-0.3, -0.25) is 0 Å². The van der Waals surface area contributed by atoms with Gasteiger partial charge in [-0.1, -0.05) is 6.92 Å². The summed E-state index contributed by atoms with van der Waals surface area (Å²) in [5, 5.41) is 9.11. The van der Waals surface area contributed by atoms with Crippen LogP contribution in [0, 0.1) is 11.3 Å². The monoisotopic (exact) mass is 228 g/mol. The first-order chi connectivity index (χ1) is 8.26. The maximum atomic E-state index is 9.11. The van der Waals surface area contributed by atoms with Crippen LogP contribution in [0.5, 0.6) is 0 Å². The molecular formula is C14H16N2O. The Morgan fingerprint density at radius 1 is 1.41 bits per heavy atom. The zero-order valence-corrected chi connectivity index (χ0v) is 10.2. The predicted octanol–water partition coefficient (Wildman–Crippen LogP) is 3.51. The van der Waals surface area contributed by atoms with Gasteiger partial charge in [0.25, 0.3) is 0 Å². The zero-order chi connectivity index (χ0) is 12.3. The molecule has 17 heavy (non-hydrogen) atoms. The fourth-order valence-electron chi connectivity index (χ4n) is 2.02. The van der Waals surface area contributed by atoms with E-state index in [4.69, 9.17) is 9.68 Å². The molecule has 0 unspecified atom stereocenters. The number of rotatable bonds is 4. The Kier molecular flexibility index (Phi) is 3.34. The van der Waals surface area contributed by atoms with Crippen molar-refractivity contribution in [3.05, 3.63) is 47.7 Å². The molecule has 1 atom stereocenters. The van der Waals surface area contributed by atoms with E-state index in [-0.39, 0.29) is 0 Å². The molecular weight excluding hydrogens is 212 g/mol. The van der Waals surface area contributed by atoms with Crippen LogP contribution in [0.4, 0.5) is 0 Å². The molecule has 0 N–H and O–H groups in total. The van der Waals surface area contributed by atoms with E-state index < -0.39 is 0 Å². The van der Waals surface area contributed by atoms with Crippen molar-refractivity contribution in [2.75, 3.05) is 0 Å². The average molecular weight is 228 g/mol. The number of nitriles is 1. The van der Waals surface area contributed by atoms with Gasteiger partial charge in [-0.25, -0.2) is 0 Å². The molecule has 0 fully saturated rings. The van der Waals surface area contributed by atoms with Crippen molar-refractivity contribution in [2.45, 2.75) is 32.7 Å². The molecule has 0 saturated heterocycles. The van der Waals surface area contributed by atoms with Gasteiger partial charge in [0.1, 0.15) is 17.5 Å². The van der Waals surface area contributed by atoms with Gasteiger partial charge < -0.3 is 8.98 Å². The molecule has 2 heterocycles. The average Bonchev–Trinajstić information content (AvgIpc) is 2.98. The molecule has 0 aliphatic rings. The van der Waals surface area contributed by atoms with Crippen molar-refractivity contribution < 1.29 is 4.42 Å². The van der Waals surface area contributed by atoms with Crippen molar-refractivity contribution in [1.29, 1.82) is 5.26 Å². The summed E-state index contributed by atoms with van der Waals surface area (Å²) in [6.45, 7) is 4.26. The van der Waals surface area contributed by atoms with E-state index in [2.05, 4.69) is 24.5 Å². The maximum Gasteiger partial charge on any atom is 0.120 e. The van der Waals surface area contributed by atoms with Crippen LogP contribution < -0.4 is 0 Å². The minimum absolute atomic E-state index is 0.338. The summed E-state index contributed by atoms with van der Waals surface area (Å²) in [6.07, 6.45) is 3.42. The number of aromatic nitrogens is 1. The van der Waals surface area contributed by atoms with Crippen LogP contribution in [-0.4, -0.2) is 4.57 Å². The van der Waals surface area contributed by atoms with Crippen LogP contribution in [0.1, 0.15) is 43.5 Å². The van der Waals surface area contributed by atoms with Crippen LogP contribution in [0.15, 0.2) is 34.9 Å². The lowest BCUT2D eigenvalue weighted by atomic mass is 10.2. The molecule has 2 rings (SSSR count). The minimum Gasteiger partial charge on any atom is -0.469 e. The van der Waals surface area contributed by atoms with Crippen molar-refractivity contribution >= 4 is 0 Å². The van der Waals surface area contributed by atoms with Gasteiger partial charge in [0.15, 0.2) is 0 Å². The van der Waals surface area contributed by atoms with Crippen molar-refractivity contribution in [1.82, 2.24) is 4.57 Å². The van der Waals surface area contributed by atoms with E-state index in [9.17, 15) is 0 Å². The molecule has 0 bridgehead atoms. The molecule has 0 radical (unpaired) electrons. The molecule has 3 nitrogen and oxygen atoms in total. The standard InChI is InChI=1S/C14H16N2O/c1-3-11(2)16-12(6-7-13(16)10-15)9-14-5-4-8-17-14/h4-8,11H,3,9H2,1-2H3/t11-/m1/s1. The fourth-order valence-corrected chi connectivity index (χ4v) is 2.02. The normalized spacial score (nSPS) is 12.3. The van der Waals surface area contributed by atoms with Gasteiger partial charge in [0.05, 0.1) is 6.26 Å². The zero-order valence-electron chi connectivity index (χ0n) is 10.2. The molecule has 0 aliphatic heterocycles. The highest BCUT2D eigenvalue weighted by Crippen LogP contribution is 2.21. The van der Waals surface area contributed by atoms with Crippen LogP contribution in [0.2, 0.25) is 0 Å². The molecule has 2 aromatic heterocycles. The number of nitrogens with zero attached hydrogens (tertiary/aromatic N) is 2. The first-order valence-electron chi connectivity index (χ1n) is 5.88. The smallest absolute Gasteiger partial charge is 0.120 e. The molecule has 0 aliphatic carbocycles. The van der Waals surface area contributed by atoms with Gasteiger partial charge in [-0.15, -0.1) is 0 Å². The Morgan fingerprint density at radius 3 is 2.82 bits per heavy atom. The second-order valence-electron chi connectivity index (χ2n) is 4.21. The lowest BCUT2D eigenvalue weighted by molar-refractivity contribution is 0.488. The summed E-state index contributed by atoms with van der Waals surface area (Å²) in [4.78, 5) is 0. The Balaban J connectivity index is 2.34. The van der Waals surface area contributed by atoms with Gasteiger partial charge >= 0.3 is 0 Å². The number of hydrogen-bond donors (Lipinski definition) is 0. The Morgan fingerprint density at radius 2 is 2.24 bits per heavy atom. The topological polar surface area (TPSA) is 41.9 Å². The third kappa shape index (κ3) is 2.26. The molecule has 2 aromatic rings. The van der Waals surface area contributed by atoms with Gasteiger partial charge in [-0.05, 0) is 37.6 Å². The van der Waals surface area contributed by atoms with Gasteiger partial charge in [0.2, 0.25) is 0 Å². The first kappa shape index (κ1) is 11.5. The highest BCUT2D eigenvalue weighted by atomic mass is 16.3. The van der Waals surface area contributed by atoms with Crippen LogP contribution in [0.3, 0.4) is 0 Å². The molecule has 0 amide bonds. The van der Waals surface area contributed by atoms with E-state index >= 15 is 0 Å². The lowest BCUT2D eigenvalue weighted by Crippen LogP contribution is -2.10. The predicted molar refractivity (Wildman–Crippen MR) is 65.7 cm³/mol. The molecule has 88 valence electrons. The quantitative estimate of drug-likeness (QED) is 0.803. The lowest BCUT2D eigenvalue weighted by Gasteiger charge is -2.16. The SMILES string of the molecule is CC[C@@H](C)n1c(C#N)ccc1Cc1ccco1. The van der Waals surface area contributed by atoms with Gasteiger partial charge in [-0.2, -0.15) is 5.26 Å². The van der Waals surface area contributed by atoms with Crippen molar-refractivity contribution in [3.63, 3.8) is 0 Å². The highest BCUT2D eigenvalue weighted by Gasteiger charge is 2.13. The largest absolute Gasteiger partial charge is 0.469 e. The van der Waals surface area contributed by atoms with E-state index in [0.717, 1.165) is 30.0 Å². The second kappa shape index (κ2) is 4.92. The first-order valence-corrected chi connectivity index (χ1v) is 5.88. The molecule has 0 saturated carbocycles. The molecule has 0 aromatic carbocycles. The summed E-state index contributed by atoms with van der Waals surface area (Å²) < 4.78 is 7.45. The Bertz CT molecular complexity index is 517. The molecule has 3 heteroatoms. The summed E-state index contributed by atoms with van der Waals surface area (Å²) in [5.41, 5.74) is 1.85. The van der Waals surface area contributed by atoms with E-state index in [0.29, 0.717) is 6.04 Å². The Hall–Kier alpha value is -1.95. The number of hydrogen-bond acceptors (Lipinski definition) is 2. The van der Waals surface area contributed by atoms with Gasteiger partial charge in [0, 0.05) is 18.2 Å². The second-order valence-corrected chi connectivity index (χ2v) is 4.21. The third-order valence-electron chi connectivity index (χ3n) is 3.08. The minimum atomic E-state index is 0.338. The van der Waals surface area contributed by atoms with Crippen LogP contribution in [0.25, 0.3) is 0 Å². The summed E-state index contributed by atoms with van der Waals surface area (Å²) in [7, 11) is 0. The van der Waals surface area contributed by atoms with E-state index in [1.807, 2.05) is 24.3 Å². The van der Waals surface area contributed by atoms with E-state index in [1.54, 1.807) is 6.26 Å². The van der Waals surface area contributed by atoms with Crippen LogP contribution >= 0.6 is 0 Å². The number of furan rings is 1. The Labute approximate surface area is 101 Å². The van der Waals surface area contributed by atoms with E-state index in [1.165, 1.54) is 0 Å². The highest BCUT2D eigenvalue weighted by molar-refractivity contribution is 5.29. The van der Waals surface area contributed by atoms with Crippen molar-refractivity contribution in [2.24, 2.45) is 0 Å². The molecule has 0 spiro atoms. The summed E-state index contributed by atoms with van der Waals surface area (Å²) >= 11 is 0.